The molecule has 0 amide bonds. The fraction of sp³-hybridized carbons (Fsp3) is 0.240. The zero-order valence-corrected chi connectivity index (χ0v) is 30.8. The zero-order valence-electron chi connectivity index (χ0n) is 30.0. The number of hydrogen-bond donors (Lipinski definition) is 0. The van der Waals surface area contributed by atoms with Gasteiger partial charge in [0.1, 0.15) is 16.9 Å². The van der Waals surface area contributed by atoms with Gasteiger partial charge in [-0.2, -0.15) is 0 Å². The van der Waals surface area contributed by atoms with Crippen LogP contribution in [-0.4, -0.2) is 4.57 Å². The van der Waals surface area contributed by atoms with Crippen LogP contribution in [0.2, 0.25) is 0 Å². The highest BCUT2D eigenvalue weighted by Gasteiger charge is 2.60. The summed E-state index contributed by atoms with van der Waals surface area (Å²) in [6, 6.07) is 37.3. The molecule has 6 atom stereocenters. The number of aromatic nitrogens is 1. The predicted molar refractivity (Wildman–Crippen MR) is 221 cm³/mol. The summed E-state index contributed by atoms with van der Waals surface area (Å²) < 4.78 is 17.2. The molecule has 1 saturated carbocycles. The van der Waals surface area contributed by atoms with Crippen LogP contribution in [-0.2, 0) is 19.3 Å². The smallest absolute Gasteiger partial charge is 0.213 e. The molecule has 0 spiro atoms. The fourth-order valence-electron chi connectivity index (χ4n) is 11.7. The van der Waals surface area contributed by atoms with E-state index in [1.165, 1.54) is 72.1 Å². The molecule has 0 saturated heterocycles. The fourth-order valence-corrected chi connectivity index (χ4v) is 12.8. The van der Waals surface area contributed by atoms with Gasteiger partial charge in [-0.1, -0.05) is 84.9 Å². The number of hydrogen-bond acceptors (Lipinski definition) is 3. The second-order valence-corrected chi connectivity index (χ2v) is 17.6. The molecule has 4 heteroatoms. The van der Waals surface area contributed by atoms with E-state index >= 15 is 0 Å². The predicted octanol–water partition coefficient (Wildman–Crippen LogP) is 13.1. The van der Waals surface area contributed by atoms with E-state index in [4.69, 9.17) is 8.83 Å². The molecular formula is C50H39NO2S. The summed E-state index contributed by atoms with van der Waals surface area (Å²) in [5, 5.41) is 5.32. The van der Waals surface area contributed by atoms with E-state index in [0.29, 0.717) is 35.5 Å². The van der Waals surface area contributed by atoms with Gasteiger partial charge in [0.25, 0.3) is 0 Å². The van der Waals surface area contributed by atoms with Crippen molar-refractivity contribution in [3.63, 3.8) is 0 Å². The summed E-state index contributed by atoms with van der Waals surface area (Å²) in [6.45, 7) is 0. The lowest BCUT2D eigenvalue weighted by molar-refractivity contribution is 0.199. The van der Waals surface area contributed by atoms with Gasteiger partial charge in [0.2, 0.25) is 5.71 Å². The lowest BCUT2D eigenvalue weighted by Gasteiger charge is -2.37. The van der Waals surface area contributed by atoms with Crippen molar-refractivity contribution in [2.45, 2.75) is 44.4 Å². The second kappa shape index (κ2) is 11.1. The molecule has 0 radical (unpaired) electrons. The Hall–Kier alpha value is -5.32. The van der Waals surface area contributed by atoms with Crippen molar-refractivity contribution in [1.82, 2.24) is 4.57 Å². The van der Waals surface area contributed by atoms with Crippen molar-refractivity contribution >= 4 is 66.6 Å². The third-order valence-electron chi connectivity index (χ3n) is 14.0. The van der Waals surface area contributed by atoms with Crippen LogP contribution < -0.4 is 0 Å². The van der Waals surface area contributed by atoms with Crippen LogP contribution in [0.5, 0.6) is 0 Å². The highest BCUT2D eigenvalue weighted by molar-refractivity contribution is 7.20. The van der Waals surface area contributed by atoms with Crippen LogP contribution in [0.15, 0.2) is 135 Å². The Morgan fingerprint density at radius 2 is 1.44 bits per heavy atom. The van der Waals surface area contributed by atoms with Gasteiger partial charge in [-0.3, -0.25) is 4.57 Å². The third kappa shape index (κ3) is 4.18. The molecule has 4 heterocycles. The minimum absolute atomic E-state index is 0.537. The van der Waals surface area contributed by atoms with E-state index in [1.54, 1.807) is 11.1 Å². The summed E-state index contributed by atoms with van der Waals surface area (Å²) in [5.74, 6) is 4.83. The number of furan rings is 2. The molecule has 4 aromatic carbocycles. The lowest BCUT2D eigenvalue weighted by atomic mass is 9.67. The molecule has 6 unspecified atom stereocenters. The van der Waals surface area contributed by atoms with Gasteiger partial charge in [-0.05, 0) is 138 Å². The van der Waals surface area contributed by atoms with Gasteiger partial charge in [0.05, 0.1) is 11.1 Å². The van der Waals surface area contributed by atoms with Crippen molar-refractivity contribution in [3.05, 3.63) is 159 Å². The molecule has 13 rings (SSSR count). The molecule has 4 aromatic heterocycles. The first kappa shape index (κ1) is 30.1. The lowest BCUT2D eigenvalue weighted by Crippen LogP contribution is -2.30. The molecule has 5 aliphatic rings. The second-order valence-electron chi connectivity index (χ2n) is 16.5. The Morgan fingerprint density at radius 1 is 0.667 bits per heavy atom. The monoisotopic (exact) mass is 717 g/mol. The Labute approximate surface area is 317 Å². The topological polar surface area (TPSA) is 31.2 Å². The standard InChI is InChI=1S/C50H39NO2S/c1-2-10-31(11-3-1)51-40-27-28(18-20-34(40)47-35-13-4-8-16-42(35)53-50(47)51)30-25-38-32(29-19-23-45-37(24-29)33-12-6-9-17-44(33)54-45)21-22-43-48(49-39(26-30)46(38)49)36-14-5-7-15-41(36)52-43/h1-17,19,23,26-27,29,32,38-39,46,49H,18,20-22,24-25H2. The van der Waals surface area contributed by atoms with Gasteiger partial charge in [-0.15, -0.1) is 11.3 Å². The van der Waals surface area contributed by atoms with Gasteiger partial charge in [0.15, 0.2) is 0 Å². The van der Waals surface area contributed by atoms with Crippen molar-refractivity contribution in [3.8, 4) is 5.69 Å². The van der Waals surface area contributed by atoms with Gasteiger partial charge in [0, 0.05) is 38.0 Å². The molecule has 3 nitrogen and oxygen atoms in total. The molecule has 5 aliphatic carbocycles. The number of aryl methyl sites for hydroxylation is 2. The number of para-hydroxylation sites is 3. The molecule has 262 valence electrons. The average Bonchev–Trinajstić information content (AvgIpc) is 3.51. The molecular weight excluding hydrogens is 679 g/mol. The largest absolute Gasteiger partial charge is 0.461 e. The summed E-state index contributed by atoms with van der Waals surface area (Å²) >= 11 is 1.96. The van der Waals surface area contributed by atoms with Gasteiger partial charge in [-0.25, -0.2) is 0 Å². The summed E-state index contributed by atoms with van der Waals surface area (Å²) in [5.41, 5.74) is 13.1. The Kier molecular flexibility index (Phi) is 6.19. The highest BCUT2D eigenvalue weighted by Crippen LogP contribution is 2.68. The van der Waals surface area contributed by atoms with E-state index < -0.39 is 0 Å². The first-order valence-corrected chi connectivity index (χ1v) is 20.8. The van der Waals surface area contributed by atoms with Crippen molar-refractivity contribution in [2.75, 3.05) is 0 Å². The van der Waals surface area contributed by atoms with E-state index in [2.05, 4.69) is 132 Å². The number of fused-ring (bicyclic) bond motifs is 13. The van der Waals surface area contributed by atoms with Gasteiger partial charge < -0.3 is 8.83 Å². The molecule has 8 aromatic rings. The summed E-state index contributed by atoms with van der Waals surface area (Å²) in [7, 11) is 0. The minimum Gasteiger partial charge on any atom is -0.461 e. The Morgan fingerprint density at radius 3 is 2.33 bits per heavy atom. The van der Waals surface area contributed by atoms with E-state index in [1.807, 2.05) is 11.3 Å². The van der Waals surface area contributed by atoms with Crippen LogP contribution in [0.1, 0.15) is 58.2 Å². The van der Waals surface area contributed by atoms with Crippen LogP contribution in [0, 0.1) is 29.6 Å². The number of nitrogens with zero attached hydrogens (tertiary/aromatic N) is 1. The maximum atomic E-state index is 6.74. The molecule has 1 fully saturated rings. The van der Waals surface area contributed by atoms with Crippen molar-refractivity contribution < 1.29 is 8.83 Å². The van der Waals surface area contributed by atoms with Crippen molar-refractivity contribution in [2.24, 2.45) is 29.6 Å². The molecule has 0 aliphatic heterocycles. The SMILES string of the molecule is C1=CC(C2CCc3oc4ccccc4c3C3C4C=C(C5=Cc6c(c7c8ccccc8oc7n6-c6ccccc6)CC5)CC2C43)Cc2c1sc1ccccc21. The molecule has 0 N–H and O–H groups in total. The van der Waals surface area contributed by atoms with Crippen LogP contribution in [0.25, 0.3) is 61.0 Å². The third-order valence-corrected chi connectivity index (χ3v) is 15.2. The molecule has 54 heavy (non-hydrogen) atoms. The van der Waals surface area contributed by atoms with E-state index in [-0.39, 0.29) is 0 Å². The first-order chi connectivity index (χ1) is 26.8. The van der Waals surface area contributed by atoms with Crippen LogP contribution >= 0.6 is 11.3 Å². The number of allylic oxidation sites excluding steroid dienone is 4. The van der Waals surface area contributed by atoms with Gasteiger partial charge >= 0.3 is 0 Å². The van der Waals surface area contributed by atoms with E-state index in [0.717, 1.165) is 48.3 Å². The maximum absolute atomic E-state index is 6.74. The van der Waals surface area contributed by atoms with E-state index in [9.17, 15) is 0 Å². The van der Waals surface area contributed by atoms with Crippen LogP contribution in [0.4, 0.5) is 0 Å². The normalized spacial score (nSPS) is 25.5. The average molecular weight is 718 g/mol. The zero-order chi connectivity index (χ0) is 35.1. The quantitative estimate of drug-likeness (QED) is 0.182. The summed E-state index contributed by atoms with van der Waals surface area (Å²) in [6.07, 6.45) is 17.0. The first-order valence-electron chi connectivity index (χ1n) is 20.0. The highest BCUT2D eigenvalue weighted by atomic mass is 32.1. The number of benzene rings is 4. The number of thiophene rings is 1. The number of rotatable bonds is 3. The Bertz CT molecular complexity index is 2940. The van der Waals surface area contributed by atoms with Crippen molar-refractivity contribution in [1.29, 1.82) is 0 Å². The summed E-state index contributed by atoms with van der Waals surface area (Å²) in [4.78, 5) is 1.47. The molecule has 0 bridgehead atoms. The minimum atomic E-state index is 0.537. The maximum Gasteiger partial charge on any atom is 0.213 e. The Balaban J connectivity index is 0.949. The van der Waals surface area contributed by atoms with Crippen LogP contribution in [0.3, 0.4) is 0 Å².